The Morgan fingerprint density at radius 1 is 1.20 bits per heavy atom. The summed E-state index contributed by atoms with van der Waals surface area (Å²) in [7, 11) is 0. The van der Waals surface area contributed by atoms with Crippen LogP contribution in [0.3, 0.4) is 0 Å². The fraction of sp³-hybridized carbons (Fsp3) is 0. The van der Waals surface area contributed by atoms with Gasteiger partial charge in [0.25, 0.3) is 5.69 Å². The Labute approximate surface area is 122 Å². The van der Waals surface area contributed by atoms with Gasteiger partial charge in [-0.05, 0) is 36.4 Å². The fourth-order valence-electron chi connectivity index (χ4n) is 1.62. The first-order valence-corrected chi connectivity index (χ1v) is 6.31. The van der Waals surface area contributed by atoms with Crippen LogP contribution in [0.5, 0.6) is 0 Å². The van der Waals surface area contributed by atoms with E-state index in [9.17, 15) is 14.9 Å². The normalized spacial score (nSPS) is 10.1. The smallest absolute Gasteiger partial charge is 0.335 e. The highest BCUT2D eigenvalue weighted by Crippen LogP contribution is 2.29. The van der Waals surface area contributed by atoms with Gasteiger partial charge in [0.2, 0.25) is 0 Å². The zero-order valence-electron chi connectivity index (χ0n) is 10.0. The number of carboxylic acid groups (broad SMARTS) is 1. The zero-order valence-corrected chi connectivity index (χ0v) is 11.6. The van der Waals surface area contributed by atoms with E-state index in [1.807, 2.05) is 0 Å². The number of anilines is 2. The highest BCUT2D eigenvalue weighted by molar-refractivity contribution is 9.10. The van der Waals surface area contributed by atoms with E-state index in [4.69, 9.17) is 5.11 Å². The molecule has 2 aromatic rings. The van der Waals surface area contributed by atoms with Crippen molar-refractivity contribution in [1.82, 2.24) is 0 Å². The van der Waals surface area contributed by atoms with Crippen LogP contribution >= 0.6 is 15.9 Å². The number of halogens is 1. The van der Waals surface area contributed by atoms with Crippen LogP contribution < -0.4 is 5.32 Å². The number of benzene rings is 2. The Balaban J connectivity index is 2.41. The molecule has 0 aromatic heterocycles. The van der Waals surface area contributed by atoms with Crippen LogP contribution in [0.1, 0.15) is 10.4 Å². The average molecular weight is 337 g/mol. The number of rotatable bonds is 4. The van der Waals surface area contributed by atoms with Crippen molar-refractivity contribution in [3.8, 4) is 0 Å². The number of nitrogens with zero attached hydrogens (tertiary/aromatic N) is 1. The van der Waals surface area contributed by atoms with Gasteiger partial charge in [0.05, 0.1) is 10.5 Å². The van der Waals surface area contributed by atoms with Crippen molar-refractivity contribution >= 4 is 39.0 Å². The highest BCUT2D eigenvalue weighted by atomic mass is 79.9. The van der Waals surface area contributed by atoms with Gasteiger partial charge in [0.15, 0.2) is 0 Å². The Morgan fingerprint density at radius 3 is 2.40 bits per heavy atom. The number of nitro benzene ring substituents is 1. The molecule has 0 amide bonds. The van der Waals surface area contributed by atoms with Gasteiger partial charge >= 0.3 is 5.97 Å². The predicted molar refractivity (Wildman–Crippen MR) is 77.5 cm³/mol. The van der Waals surface area contributed by atoms with Crippen LogP contribution in [0.2, 0.25) is 0 Å². The van der Waals surface area contributed by atoms with Crippen LogP contribution in [0.15, 0.2) is 46.9 Å². The van der Waals surface area contributed by atoms with Crippen molar-refractivity contribution in [2.75, 3.05) is 5.32 Å². The van der Waals surface area contributed by atoms with Crippen LogP contribution in [-0.4, -0.2) is 16.0 Å². The lowest BCUT2D eigenvalue weighted by atomic mass is 10.1. The molecule has 0 saturated heterocycles. The third kappa shape index (κ3) is 3.12. The fourth-order valence-corrected chi connectivity index (χ4v) is 1.88. The third-order valence-electron chi connectivity index (χ3n) is 2.56. The number of nitrogens with one attached hydrogen (secondary N) is 1. The molecular formula is C13H9BrN2O4. The summed E-state index contributed by atoms with van der Waals surface area (Å²) in [5.41, 5.74) is 0.559. The molecule has 0 bridgehead atoms. The molecule has 0 unspecified atom stereocenters. The van der Waals surface area contributed by atoms with Crippen LogP contribution in [0, 0.1) is 10.1 Å². The van der Waals surface area contributed by atoms with E-state index in [2.05, 4.69) is 21.2 Å². The maximum absolute atomic E-state index is 11.0. The highest BCUT2D eigenvalue weighted by Gasteiger charge is 2.16. The van der Waals surface area contributed by atoms with E-state index in [-0.39, 0.29) is 16.9 Å². The van der Waals surface area contributed by atoms with E-state index in [0.29, 0.717) is 5.69 Å². The van der Waals surface area contributed by atoms with Gasteiger partial charge in [-0.2, -0.15) is 0 Å². The summed E-state index contributed by atoms with van der Waals surface area (Å²) >= 11 is 3.29. The van der Waals surface area contributed by atoms with Crippen molar-refractivity contribution in [3.05, 3.63) is 62.6 Å². The standard InChI is InChI=1S/C13H9BrN2O4/c14-9-2-4-10(5-3-9)15-11-7-8(13(17)18)1-6-12(11)16(19)20/h1-7,15H,(H,17,18). The first-order chi connectivity index (χ1) is 9.47. The largest absolute Gasteiger partial charge is 0.478 e. The summed E-state index contributed by atoms with van der Waals surface area (Å²) in [5.74, 6) is -1.14. The minimum absolute atomic E-state index is 0.0183. The second-order valence-electron chi connectivity index (χ2n) is 3.93. The molecule has 2 rings (SSSR count). The topological polar surface area (TPSA) is 92.5 Å². The van der Waals surface area contributed by atoms with Crippen LogP contribution in [-0.2, 0) is 0 Å². The van der Waals surface area contributed by atoms with Crippen LogP contribution in [0.4, 0.5) is 17.1 Å². The lowest BCUT2D eigenvalue weighted by Crippen LogP contribution is -2.01. The molecule has 0 heterocycles. The maximum Gasteiger partial charge on any atom is 0.335 e. The van der Waals surface area contributed by atoms with Gasteiger partial charge in [-0.25, -0.2) is 4.79 Å². The van der Waals surface area contributed by atoms with Crippen molar-refractivity contribution < 1.29 is 14.8 Å². The van der Waals surface area contributed by atoms with Crippen molar-refractivity contribution in [2.24, 2.45) is 0 Å². The SMILES string of the molecule is O=C(O)c1ccc([N+](=O)[O-])c(Nc2ccc(Br)cc2)c1. The predicted octanol–water partition coefficient (Wildman–Crippen LogP) is 3.80. The number of nitro groups is 1. The van der Waals surface area contributed by atoms with E-state index < -0.39 is 10.9 Å². The molecule has 2 aromatic carbocycles. The number of carboxylic acids is 1. The lowest BCUT2D eigenvalue weighted by Gasteiger charge is -2.08. The van der Waals surface area contributed by atoms with E-state index in [1.54, 1.807) is 24.3 Å². The summed E-state index contributed by atoms with van der Waals surface area (Å²) in [4.78, 5) is 21.3. The number of carbonyl (C=O) groups is 1. The summed E-state index contributed by atoms with van der Waals surface area (Å²) in [6.07, 6.45) is 0. The molecule has 102 valence electrons. The number of hydrogen-bond acceptors (Lipinski definition) is 4. The number of aromatic carboxylic acids is 1. The first-order valence-electron chi connectivity index (χ1n) is 5.51. The second kappa shape index (κ2) is 5.70. The van der Waals surface area contributed by atoms with Crippen molar-refractivity contribution in [3.63, 3.8) is 0 Å². The van der Waals surface area contributed by atoms with E-state index >= 15 is 0 Å². The summed E-state index contributed by atoms with van der Waals surface area (Å²) < 4.78 is 0.872. The van der Waals surface area contributed by atoms with Crippen molar-refractivity contribution in [1.29, 1.82) is 0 Å². The lowest BCUT2D eigenvalue weighted by molar-refractivity contribution is -0.383. The molecule has 2 N–H and O–H groups in total. The Kier molecular flexibility index (Phi) is 3.99. The Morgan fingerprint density at radius 2 is 1.85 bits per heavy atom. The Bertz CT molecular complexity index is 671. The number of hydrogen-bond donors (Lipinski definition) is 2. The minimum atomic E-state index is -1.14. The van der Waals surface area contributed by atoms with Crippen LogP contribution in [0.25, 0.3) is 0 Å². The monoisotopic (exact) mass is 336 g/mol. The van der Waals surface area contributed by atoms with Gasteiger partial charge < -0.3 is 10.4 Å². The molecule has 6 nitrogen and oxygen atoms in total. The molecular weight excluding hydrogens is 328 g/mol. The average Bonchev–Trinajstić information content (AvgIpc) is 2.41. The van der Waals surface area contributed by atoms with Gasteiger partial charge in [-0.1, -0.05) is 15.9 Å². The molecule has 20 heavy (non-hydrogen) atoms. The second-order valence-corrected chi connectivity index (χ2v) is 4.84. The van der Waals surface area contributed by atoms with Gasteiger partial charge in [0, 0.05) is 16.2 Å². The molecule has 7 heteroatoms. The van der Waals surface area contributed by atoms with Gasteiger partial charge in [0.1, 0.15) is 5.69 Å². The molecule has 0 aliphatic heterocycles. The van der Waals surface area contributed by atoms with Crippen molar-refractivity contribution in [2.45, 2.75) is 0 Å². The molecule has 0 aliphatic rings. The minimum Gasteiger partial charge on any atom is -0.478 e. The third-order valence-corrected chi connectivity index (χ3v) is 3.09. The van der Waals surface area contributed by atoms with E-state index in [1.165, 1.54) is 18.2 Å². The van der Waals surface area contributed by atoms with E-state index in [0.717, 1.165) is 4.47 Å². The summed E-state index contributed by atoms with van der Waals surface area (Å²) in [5, 5.41) is 22.7. The zero-order chi connectivity index (χ0) is 14.7. The molecule has 0 atom stereocenters. The maximum atomic E-state index is 11.0. The molecule has 0 saturated carbocycles. The first kappa shape index (κ1) is 14.0. The molecule has 0 fully saturated rings. The summed E-state index contributed by atoms with van der Waals surface area (Å²) in [6, 6.07) is 10.6. The summed E-state index contributed by atoms with van der Waals surface area (Å²) in [6.45, 7) is 0. The van der Waals surface area contributed by atoms with Gasteiger partial charge in [-0.3, -0.25) is 10.1 Å². The quantitative estimate of drug-likeness (QED) is 0.654. The molecule has 0 radical (unpaired) electrons. The Hall–Kier alpha value is -2.41. The van der Waals surface area contributed by atoms with Gasteiger partial charge in [-0.15, -0.1) is 0 Å². The molecule has 0 aliphatic carbocycles. The molecule has 0 spiro atoms.